The van der Waals surface area contributed by atoms with Gasteiger partial charge in [0.05, 0.1) is 16.8 Å². The largest absolute Gasteiger partial charge is 0.383 e. The van der Waals surface area contributed by atoms with Crippen LogP contribution in [0.15, 0.2) is 52.4 Å². The molecular formula is C22H25N3O3S2. The highest BCUT2D eigenvalue weighted by atomic mass is 32.2. The van der Waals surface area contributed by atoms with Crippen molar-refractivity contribution < 1.29 is 14.3 Å². The molecule has 30 heavy (non-hydrogen) atoms. The van der Waals surface area contributed by atoms with E-state index in [0.717, 1.165) is 15.1 Å². The number of carbonyl (C=O) groups excluding carboxylic acids is 2. The molecule has 0 bridgehead atoms. The van der Waals surface area contributed by atoms with E-state index < -0.39 is 0 Å². The summed E-state index contributed by atoms with van der Waals surface area (Å²) in [5.74, 6) is -0.404. The number of amides is 2. The lowest BCUT2D eigenvalue weighted by Crippen LogP contribution is -2.19. The number of nitrogens with one attached hydrogen (secondary N) is 1. The number of fused-ring (bicyclic) bond motifs is 1. The number of benzene rings is 2. The first-order valence-electron chi connectivity index (χ1n) is 9.63. The van der Waals surface area contributed by atoms with Gasteiger partial charge in [-0.3, -0.25) is 9.59 Å². The van der Waals surface area contributed by atoms with Gasteiger partial charge in [0, 0.05) is 42.0 Å². The van der Waals surface area contributed by atoms with Gasteiger partial charge in [-0.15, -0.1) is 11.8 Å². The summed E-state index contributed by atoms with van der Waals surface area (Å²) >= 11 is 3.13. The molecule has 0 unspecified atom stereocenters. The molecule has 0 aliphatic carbocycles. The maximum atomic E-state index is 12.9. The molecule has 3 aromatic rings. The molecule has 3 rings (SSSR count). The Balaban J connectivity index is 2.03. The van der Waals surface area contributed by atoms with Gasteiger partial charge >= 0.3 is 0 Å². The number of nitrogens with zero attached hydrogens (tertiary/aromatic N) is 2. The molecule has 0 radical (unpaired) electrons. The van der Waals surface area contributed by atoms with Gasteiger partial charge in [0.15, 0.2) is 4.80 Å². The number of ether oxygens (including phenoxy) is 1. The highest BCUT2D eigenvalue weighted by Gasteiger charge is 2.11. The molecule has 0 spiro atoms. The van der Waals surface area contributed by atoms with E-state index in [4.69, 9.17) is 4.74 Å². The number of aromatic nitrogens is 1. The standard InChI is InChI=1S/C22H25N3O3S2/c1-14(2)29-18-7-5-6-16(12-18)21(27)24-22-25(10-11-28-4)19-9-8-17(23-15(3)26)13-20(19)30-22/h5-9,12-14H,10-11H2,1-4H3,(H,23,26). The second-order valence-electron chi connectivity index (χ2n) is 7.00. The van der Waals surface area contributed by atoms with Crippen LogP contribution < -0.4 is 10.1 Å². The zero-order valence-corrected chi connectivity index (χ0v) is 19.1. The number of carbonyl (C=O) groups is 2. The smallest absolute Gasteiger partial charge is 0.279 e. The Hall–Kier alpha value is -2.42. The maximum Gasteiger partial charge on any atom is 0.279 e. The Kier molecular flexibility index (Phi) is 7.47. The number of thiazole rings is 1. The minimum absolute atomic E-state index is 0.127. The topological polar surface area (TPSA) is 72.7 Å². The molecule has 8 heteroatoms. The molecule has 1 N–H and O–H groups in total. The Morgan fingerprint density at radius 2 is 2.03 bits per heavy atom. The molecule has 0 aliphatic rings. The van der Waals surface area contributed by atoms with Crippen molar-refractivity contribution in [2.45, 2.75) is 37.5 Å². The summed E-state index contributed by atoms with van der Waals surface area (Å²) in [6, 6.07) is 13.2. The molecular weight excluding hydrogens is 418 g/mol. The van der Waals surface area contributed by atoms with Crippen LogP contribution in [0.4, 0.5) is 5.69 Å². The fraction of sp³-hybridized carbons (Fsp3) is 0.318. The van der Waals surface area contributed by atoms with Crippen molar-refractivity contribution in [3.8, 4) is 0 Å². The highest BCUT2D eigenvalue weighted by molar-refractivity contribution is 7.99. The van der Waals surface area contributed by atoms with Crippen LogP contribution in [-0.2, 0) is 16.1 Å². The van der Waals surface area contributed by atoms with Crippen molar-refractivity contribution in [3.05, 3.63) is 52.8 Å². The Labute approximate surface area is 184 Å². The fourth-order valence-corrected chi connectivity index (χ4v) is 4.95. The quantitative estimate of drug-likeness (QED) is 0.544. The van der Waals surface area contributed by atoms with Crippen LogP contribution in [0.5, 0.6) is 0 Å². The van der Waals surface area contributed by atoms with Gasteiger partial charge in [0.25, 0.3) is 5.91 Å². The molecule has 1 heterocycles. The molecule has 0 fully saturated rings. The number of methoxy groups -OCH3 is 1. The first-order chi connectivity index (χ1) is 14.4. The molecule has 6 nitrogen and oxygen atoms in total. The van der Waals surface area contributed by atoms with Gasteiger partial charge in [-0.05, 0) is 36.4 Å². The van der Waals surface area contributed by atoms with E-state index in [1.165, 1.54) is 18.3 Å². The van der Waals surface area contributed by atoms with Gasteiger partial charge in [0.1, 0.15) is 0 Å². The lowest BCUT2D eigenvalue weighted by Gasteiger charge is -2.06. The lowest BCUT2D eigenvalue weighted by molar-refractivity contribution is -0.114. The average molecular weight is 444 g/mol. The van der Waals surface area contributed by atoms with Crippen molar-refractivity contribution in [2.75, 3.05) is 19.0 Å². The number of hydrogen-bond acceptors (Lipinski definition) is 5. The minimum Gasteiger partial charge on any atom is -0.383 e. The first kappa shape index (κ1) is 22.3. The summed E-state index contributed by atoms with van der Waals surface area (Å²) in [5, 5.41) is 3.23. The Morgan fingerprint density at radius 1 is 1.23 bits per heavy atom. The normalized spacial score (nSPS) is 12.0. The molecule has 158 valence electrons. The van der Waals surface area contributed by atoms with E-state index in [9.17, 15) is 9.59 Å². The predicted molar refractivity (Wildman–Crippen MR) is 123 cm³/mol. The summed E-state index contributed by atoms with van der Waals surface area (Å²) in [4.78, 5) is 30.3. The van der Waals surface area contributed by atoms with Gasteiger partial charge < -0.3 is 14.6 Å². The summed E-state index contributed by atoms with van der Waals surface area (Å²) in [7, 11) is 1.64. The van der Waals surface area contributed by atoms with Crippen LogP contribution in [0.25, 0.3) is 10.2 Å². The molecule has 0 saturated carbocycles. The molecule has 2 amide bonds. The first-order valence-corrected chi connectivity index (χ1v) is 11.3. The Morgan fingerprint density at radius 3 is 2.73 bits per heavy atom. The zero-order chi connectivity index (χ0) is 21.7. The third kappa shape index (κ3) is 5.59. The number of rotatable bonds is 7. The molecule has 0 atom stereocenters. The molecule has 0 aliphatic heterocycles. The van der Waals surface area contributed by atoms with Gasteiger partial charge in [-0.25, -0.2) is 0 Å². The zero-order valence-electron chi connectivity index (χ0n) is 17.5. The molecule has 2 aromatic carbocycles. The summed E-state index contributed by atoms with van der Waals surface area (Å²) in [5.41, 5.74) is 2.23. The van der Waals surface area contributed by atoms with Crippen LogP contribution in [0.3, 0.4) is 0 Å². The van der Waals surface area contributed by atoms with Crippen LogP contribution in [-0.4, -0.2) is 35.3 Å². The number of anilines is 1. The number of thioether (sulfide) groups is 1. The van der Waals surface area contributed by atoms with Crippen LogP contribution in [0, 0.1) is 0 Å². The van der Waals surface area contributed by atoms with Crippen LogP contribution >= 0.6 is 23.1 Å². The van der Waals surface area contributed by atoms with Gasteiger partial charge in [-0.2, -0.15) is 4.99 Å². The summed E-state index contributed by atoms with van der Waals surface area (Å²) in [6.07, 6.45) is 0. The van der Waals surface area contributed by atoms with E-state index in [-0.39, 0.29) is 11.8 Å². The summed E-state index contributed by atoms with van der Waals surface area (Å²) in [6.45, 7) is 6.79. The predicted octanol–water partition coefficient (Wildman–Crippen LogP) is 4.55. The van der Waals surface area contributed by atoms with Crippen molar-refractivity contribution in [3.63, 3.8) is 0 Å². The van der Waals surface area contributed by atoms with Crippen LogP contribution in [0.1, 0.15) is 31.1 Å². The molecule has 1 aromatic heterocycles. The second-order valence-corrected chi connectivity index (χ2v) is 9.66. The SMILES string of the molecule is COCCn1c(=NC(=O)c2cccc(SC(C)C)c2)sc2cc(NC(C)=O)ccc21. The van der Waals surface area contributed by atoms with Gasteiger partial charge in [-0.1, -0.05) is 31.3 Å². The van der Waals surface area contributed by atoms with Crippen molar-refractivity contribution >= 4 is 50.8 Å². The number of hydrogen-bond donors (Lipinski definition) is 1. The maximum absolute atomic E-state index is 12.9. The van der Waals surface area contributed by atoms with E-state index in [0.29, 0.717) is 34.5 Å². The third-order valence-corrected chi connectivity index (χ3v) is 6.21. The second kappa shape index (κ2) is 10.1. The van der Waals surface area contributed by atoms with Crippen molar-refractivity contribution in [1.82, 2.24) is 4.57 Å². The van der Waals surface area contributed by atoms with E-state index in [1.807, 2.05) is 41.0 Å². The fourth-order valence-electron chi connectivity index (χ4n) is 2.96. The molecule has 0 saturated heterocycles. The van der Waals surface area contributed by atoms with E-state index in [1.54, 1.807) is 24.9 Å². The van der Waals surface area contributed by atoms with Gasteiger partial charge in [0.2, 0.25) is 5.91 Å². The average Bonchev–Trinajstić information content (AvgIpc) is 3.01. The monoisotopic (exact) mass is 443 g/mol. The summed E-state index contributed by atoms with van der Waals surface area (Å²) < 4.78 is 8.15. The van der Waals surface area contributed by atoms with E-state index in [2.05, 4.69) is 24.2 Å². The lowest BCUT2D eigenvalue weighted by atomic mass is 10.2. The van der Waals surface area contributed by atoms with Crippen molar-refractivity contribution in [1.29, 1.82) is 0 Å². The van der Waals surface area contributed by atoms with Crippen molar-refractivity contribution in [2.24, 2.45) is 4.99 Å². The Bertz CT molecular complexity index is 1130. The minimum atomic E-state index is -0.277. The highest BCUT2D eigenvalue weighted by Crippen LogP contribution is 2.24. The third-order valence-electron chi connectivity index (χ3n) is 4.17. The van der Waals surface area contributed by atoms with Crippen LogP contribution in [0.2, 0.25) is 0 Å². The van der Waals surface area contributed by atoms with E-state index >= 15 is 0 Å².